The van der Waals surface area contributed by atoms with Crippen LogP contribution in [0.15, 0.2) is 32.5 Å². The summed E-state index contributed by atoms with van der Waals surface area (Å²) in [6.07, 6.45) is 0. The second-order valence-corrected chi connectivity index (χ2v) is 5.58. The monoisotopic (exact) mass is 301 g/mol. The molecule has 2 aromatic rings. The van der Waals surface area contributed by atoms with Crippen LogP contribution in [0, 0.1) is 0 Å². The molecular weight excluding hydrogens is 294 g/mol. The quantitative estimate of drug-likeness (QED) is 0.908. The van der Waals surface area contributed by atoms with Crippen LogP contribution in [0.1, 0.15) is 15.4 Å². The summed E-state index contributed by atoms with van der Waals surface area (Å²) >= 11 is 4.99. The molecule has 4 nitrogen and oxygen atoms in total. The van der Waals surface area contributed by atoms with E-state index in [9.17, 15) is 4.79 Å². The van der Waals surface area contributed by atoms with Gasteiger partial charge in [0.1, 0.15) is 0 Å². The molecule has 0 radical (unpaired) electrons. The van der Waals surface area contributed by atoms with Crippen LogP contribution >= 0.6 is 27.3 Å². The van der Waals surface area contributed by atoms with Gasteiger partial charge in [-0.15, -0.1) is 11.3 Å². The maximum Gasteiger partial charge on any atom is 0.371 e. The van der Waals surface area contributed by atoms with Crippen molar-refractivity contribution < 1.29 is 14.3 Å². The molecule has 0 aliphatic carbocycles. The SMILES string of the molecule is O=C(O)c1ccc(NCc2ccc(Br)s2)o1. The number of hydrogen-bond donors (Lipinski definition) is 2. The van der Waals surface area contributed by atoms with Crippen molar-refractivity contribution >= 4 is 39.1 Å². The van der Waals surface area contributed by atoms with Crippen LogP contribution in [0.2, 0.25) is 0 Å². The zero-order chi connectivity index (χ0) is 11.5. The lowest BCUT2D eigenvalue weighted by Crippen LogP contribution is -1.96. The van der Waals surface area contributed by atoms with Crippen molar-refractivity contribution in [3.8, 4) is 0 Å². The van der Waals surface area contributed by atoms with Gasteiger partial charge in [-0.25, -0.2) is 4.79 Å². The molecule has 0 aliphatic heterocycles. The number of thiophene rings is 1. The first kappa shape index (κ1) is 11.2. The molecule has 84 valence electrons. The van der Waals surface area contributed by atoms with Gasteiger partial charge in [0.15, 0.2) is 5.88 Å². The molecule has 2 heterocycles. The number of carbonyl (C=O) groups is 1. The molecule has 2 N–H and O–H groups in total. The minimum absolute atomic E-state index is 0.0603. The molecule has 0 spiro atoms. The summed E-state index contributed by atoms with van der Waals surface area (Å²) in [5.74, 6) is -0.663. The van der Waals surface area contributed by atoms with Crippen LogP contribution < -0.4 is 5.32 Å². The first-order valence-electron chi connectivity index (χ1n) is 4.46. The minimum Gasteiger partial charge on any atom is -0.475 e. The van der Waals surface area contributed by atoms with Gasteiger partial charge in [-0.2, -0.15) is 0 Å². The molecule has 0 atom stereocenters. The second kappa shape index (κ2) is 4.71. The molecule has 6 heteroatoms. The Morgan fingerprint density at radius 1 is 1.44 bits per heavy atom. The van der Waals surface area contributed by atoms with E-state index < -0.39 is 5.97 Å². The van der Waals surface area contributed by atoms with Crippen molar-refractivity contribution in [2.45, 2.75) is 6.54 Å². The highest BCUT2D eigenvalue weighted by molar-refractivity contribution is 9.11. The predicted molar refractivity (Wildman–Crippen MR) is 65.0 cm³/mol. The van der Waals surface area contributed by atoms with Gasteiger partial charge in [-0.05, 0) is 34.1 Å². The number of nitrogens with one attached hydrogen (secondary N) is 1. The highest BCUT2D eigenvalue weighted by atomic mass is 79.9. The van der Waals surface area contributed by atoms with E-state index in [1.165, 1.54) is 6.07 Å². The molecule has 0 bridgehead atoms. The molecule has 16 heavy (non-hydrogen) atoms. The Hall–Kier alpha value is -1.27. The third kappa shape index (κ3) is 2.65. The fourth-order valence-electron chi connectivity index (χ4n) is 1.17. The van der Waals surface area contributed by atoms with E-state index in [0.717, 1.165) is 8.66 Å². The van der Waals surface area contributed by atoms with Crippen LogP contribution in [-0.2, 0) is 6.54 Å². The van der Waals surface area contributed by atoms with Gasteiger partial charge in [0, 0.05) is 10.9 Å². The zero-order valence-corrected chi connectivity index (χ0v) is 10.5. The molecular formula is C10H8BrNO3S. The zero-order valence-electron chi connectivity index (χ0n) is 8.07. The lowest BCUT2D eigenvalue weighted by atomic mass is 10.4. The number of furan rings is 1. The molecule has 2 aromatic heterocycles. The Morgan fingerprint density at radius 3 is 2.81 bits per heavy atom. The maximum atomic E-state index is 10.6. The summed E-state index contributed by atoms with van der Waals surface area (Å²) in [5, 5.41) is 11.7. The molecule has 0 saturated carbocycles. The number of aromatic carboxylic acids is 1. The van der Waals surface area contributed by atoms with E-state index in [4.69, 9.17) is 9.52 Å². The smallest absolute Gasteiger partial charge is 0.371 e. The van der Waals surface area contributed by atoms with Gasteiger partial charge < -0.3 is 14.8 Å². The standard InChI is InChI=1S/C10H8BrNO3S/c11-8-3-1-6(16-8)5-12-9-4-2-7(15-9)10(13)14/h1-4,12H,5H2,(H,13,14). The summed E-state index contributed by atoms with van der Waals surface area (Å²) in [6.45, 7) is 0.614. The largest absolute Gasteiger partial charge is 0.475 e. The van der Waals surface area contributed by atoms with Crippen LogP contribution in [0.5, 0.6) is 0 Å². The fraction of sp³-hybridized carbons (Fsp3) is 0.100. The van der Waals surface area contributed by atoms with E-state index in [0.29, 0.717) is 12.4 Å². The van der Waals surface area contributed by atoms with Crippen LogP contribution in [-0.4, -0.2) is 11.1 Å². The summed E-state index contributed by atoms with van der Waals surface area (Å²) in [4.78, 5) is 11.7. The van der Waals surface area contributed by atoms with E-state index in [1.54, 1.807) is 17.4 Å². The molecule has 0 amide bonds. The van der Waals surface area contributed by atoms with Crippen molar-refractivity contribution in [3.63, 3.8) is 0 Å². The third-order valence-electron chi connectivity index (χ3n) is 1.88. The number of carboxylic acids is 1. The Bertz CT molecular complexity index is 506. The topological polar surface area (TPSA) is 62.5 Å². The van der Waals surface area contributed by atoms with Crippen molar-refractivity contribution in [3.05, 3.63) is 38.7 Å². The highest BCUT2D eigenvalue weighted by Crippen LogP contribution is 2.23. The molecule has 0 aliphatic rings. The molecule has 0 aromatic carbocycles. The number of halogens is 1. The third-order valence-corrected chi connectivity index (χ3v) is 3.51. The Labute approximate surface area is 104 Å². The van der Waals surface area contributed by atoms with Crippen LogP contribution in [0.3, 0.4) is 0 Å². The highest BCUT2D eigenvalue weighted by Gasteiger charge is 2.08. The maximum absolute atomic E-state index is 10.6. The molecule has 0 unspecified atom stereocenters. The average Bonchev–Trinajstić information content (AvgIpc) is 2.83. The lowest BCUT2D eigenvalue weighted by Gasteiger charge is -1.99. The van der Waals surface area contributed by atoms with Gasteiger partial charge in [0.25, 0.3) is 0 Å². The van der Waals surface area contributed by atoms with E-state index in [1.807, 2.05) is 12.1 Å². The van der Waals surface area contributed by atoms with Crippen molar-refractivity contribution in [2.75, 3.05) is 5.32 Å². The van der Waals surface area contributed by atoms with Crippen LogP contribution in [0.25, 0.3) is 0 Å². The Balaban J connectivity index is 1.97. The van der Waals surface area contributed by atoms with Gasteiger partial charge in [-0.1, -0.05) is 0 Å². The van der Waals surface area contributed by atoms with Gasteiger partial charge in [0.05, 0.1) is 10.3 Å². The fourth-order valence-corrected chi connectivity index (χ4v) is 2.59. The molecule has 0 fully saturated rings. The number of anilines is 1. The summed E-state index contributed by atoms with van der Waals surface area (Å²) in [5.41, 5.74) is 0. The van der Waals surface area contributed by atoms with Crippen LogP contribution in [0.4, 0.5) is 5.88 Å². The molecule has 0 saturated heterocycles. The minimum atomic E-state index is -1.06. The lowest BCUT2D eigenvalue weighted by molar-refractivity contribution is 0.0663. The summed E-state index contributed by atoms with van der Waals surface area (Å²) in [6, 6.07) is 6.98. The number of carboxylic acid groups (broad SMARTS) is 1. The van der Waals surface area contributed by atoms with Crippen molar-refractivity contribution in [1.29, 1.82) is 0 Å². The second-order valence-electron chi connectivity index (χ2n) is 3.03. The van der Waals surface area contributed by atoms with Crippen molar-refractivity contribution in [1.82, 2.24) is 0 Å². The Morgan fingerprint density at radius 2 is 2.25 bits per heavy atom. The van der Waals surface area contributed by atoms with E-state index in [2.05, 4.69) is 21.2 Å². The van der Waals surface area contributed by atoms with E-state index in [-0.39, 0.29) is 5.76 Å². The van der Waals surface area contributed by atoms with Crippen molar-refractivity contribution in [2.24, 2.45) is 0 Å². The molecule has 2 rings (SSSR count). The normalized spacial score (nSPS) is 10.3. The van der Waals surface area contributed by atoms with Gasteiger partial charge >= 0.3 is 5.97 Å². The van der Waals surface area contributed by atoms with Gasteiger partial charge in [-0.3, -0.25) is 0 Å². The number of rotatable bonds is 4. The number of hydrogen-bond acceptors (Lipinski definition) is 4. The van der Waals surface area contributed by atoms with Gasteiger partial charge in [0.2, 0.25) is 5.76 Å². The van der Waals surface area contributed by atoms with E-state index >= 15 is 0 Å². The summed E-state index contributed by atoms with van der Waals surface area (Å²) in [7, 11) is 0. The Kier molecular flexibility index (Phi) is 3.31. The predicted octanol–water partition coefficient (Wildman–Crippen LogP) is 3.41. The average molecular weight is 302 g/mol. The summed E-state index contributed by atoms with van der Waals surface area (Å²) < 4.78 is 6.12. The first-order valence-corrected chi connectivity index (χ1v) is 6.07. The first-order chi connectivity index (χ1) is 7.65.